The van der Waals surface area contributed by atoms with Crippen molar-refractivity contribution in [1.29, 1.82) is 0 Å². The van der Waals surface area contributed by atoms with Crippen molar-refractivity contribution >= 4 is 17.3 Å². The third-order valence-corrected chi connectivity index (χ3v) is 3.42. The molecule has 3 N–H and O–H groups in total. The number of nitrogens with one attached hydrogen (secondary N) is 1. The van der Waals surface area contributed by atoms with Crippen molar-refractivity contribution in [3.63, 3.8) is 0 Å². The van der Waals surface area contributed by atoms with E-state index in [-0.39, 0.29) is 12.1 Å². The summed E-state index contributed by atoms with van der Waals surface area (Å²) < 4.78 is 5.65. The molecule has 21 heavy (non-hydrogen) atoms. The zero-order valence-electron chi connectivity index (χ0n) is 12.3. The average Bonchev–Trinajstić information content (AvgIpc) is 2.47. The van der Waals surface area contributed by atoms with Crippen LogP contribution in [0.2, 0.25) is 5.02 Å². The SMILES string of the molecule is CC(C)Oc1ccc(C(CN)Nc2ccccc2Cl)cc1. The quantitative estimate of drug-likeness (QED) is 0.839. The molecule has 1 atom stereocenters. The average molecular weight is 305 g/mol. The van der Waals surface area contributed by atoms with E-state index in [4.69, 9.17) is 22.1 Å². The second-order valence-electron chi connectivity index (χ2n) is 5.15. The number of ether oxygens (including phenoxy) is 1. The molecule has 0 fully saturated rings. The first-order valence-electron chi connectivity index (χ1n) is 7.08. The van der Waals surface area contributed by atoms with Gasteiger partial charge in [-0.25, -0.2) is 0 Å². The Morgan fingerprint density at radius 2 is 1.76 bits per heavy atom. The molecule has 0 spiro atoms. The Kier molecular flexibility index (Phi) is 5.48. The Morgan fingerprint density at radius 3 is 2.33 bits per heavy atom. The van der Waals surface area contributed by atoms with Crippen LogP contribution >= 0.6 is 11.6 Å². The van der Waals surface area contributed by atoms with E-state index in [1.807, 2.05) is 62.4 Å². The molecule has 0 aliphatic carbocycles. The number of benzene rings is 2. The molecule has 2 aromatic rings. The fourth-order valence-corrected chi connectivity index (χ4v) is 2.29. The van der Waals surface area contributed by atoms with Crippen LogP contribution in [0.3, 0.4) is 0 Å². The highest BCUT2D eigenvalue weighted by atomic mass is 35.5. The fourth-order valence-electron chi connectivity index (χ4n) is 2.10. The molecule has 3 nitrogen and oxygen atoms in total. The van der Waals surface area contributed by atoms with Crippen LogP contribution in [0, 0.1) is 0 Å². The van der Waals surface area contributed by atoms with Crippen molar-refractivity contribution in [1.82, 2.24) is 0 Å². The van der Waals surface area contributed by atoms with E-state index in [1.54, 1.807) is 0 Å². The molecule has 2 aromatic carbocycles. The zero-order valence-corrected chi connectivity index (χ0v) is 13.1. The molecule has 1 unspecified atom stereocenters. The number of nitrogens with two attached hydrogens (primary N) is 1. The van der Waals surface area contributed by atoms with Gasteiger partial charge in [0, 0.05) is 6.54 Å². The molecule has 0 radical (unpaired) electrons. The van der Waals surface area contributed by atoms with Gasteiger partial charge in [0.1, 0.15) is 5.75 Å². The van der Waals surface area contributed by atoms with E-state index in [0.29, 0.717) is 11.6 Å². The lowest BCUT2D eigenvalue weighted by atomic mass is 10.1. The summed E-state index contributed by atoms with van der Waals surface area (Å²) in [6.07, 6.45) is 0.169. The van der Waals surface area contributed by atoms with Crippen LogP contribution in [0.25, 0.3) is 0 Å². The maximum atomic E-state index is 6.17. The fraction of sp³-hybridized carbons (Fsp3) is 0.294. The molecular weight excluding hydrogens is 284 g/mol. The first kappa shape index (κ1) is 15.7. The number of anilines is 1. The van der Waals surface area contributed by atoms with Crippen LogP contribution in [0.5, 0.6) is 5.75 Å². The Balaban J connectivity index is 2.12. The summed E-state index contributed by atoms with van der Waals surface area (Å²) in [6.45, 7) is 4.50. The minimum absolute atomic E-state index is 0.0120. The van der Waals surface area contributed by atoms with E-state index >= 15 is 0 Å². The minimum Gasteiger partial charge on any atom is -0.491 e. The summed E-state index contributed by atoms with van der Waals surface area (Å²) in [5.74, 6) is 0.863. The van der Waals surface area contributed by atoms with Crippen molar-refractivity contribution in [2.75, 3.05) is 11.9 Å². The highest BCUT2D eigenvalue weighted by Gasteiger charge is 2.11. The molecule has 0 saturated heterocycles. The summed E-state index contributed by atoms with van der Waals surface area (Å²) in [6, 6.07) is 15.7. The number of para-hydroxylation sites is 1. The van der Waals surface area contributed by atoms with Crippen LogP contribution < -0.4 is 15.8 Å². The number of rotatable bonds is 6. The second-order valence-corrected chi connectivity index (χ2v) is 5.56. The van der Waals surface area contributed by atoms with Gasteiger partial charge in [-0.2, -0.15) is 0 Å². The van der Waals surface area contributed by atoms with Crippen molar-refractivity contribution in [3.8, 4) is 5.75 Å². The summed E-state index contributed by atoms with van der Waals surface area (Å²) in [5, 5.41) is 4.07. The van der Waals surface area contributed by atoms with Crippen molar-refractivity contribution in [3.05, 3.63) is 59.1 Å². The number of hydrogen-bond donors (Lipinski definition) is 2. The van der Waals surface area contributed by atoms with Crippen molar-refractivity contribution < 1.29 is 4.74 Å². The van der Waals surface area contributed by atoms with Gasteiger partial charge in [0.25, 0.3) is 0 Å². The third-order valence-electron chi connectivity index (χ3n) is 3.09. The van der Waals surface area contributed by atoms with Gasteiger partial charge in [-0.05, 0) is 43.7 Å². The highest BCUT2D eigenvalue weighted by Crippen LogP contribution is 2.26. The van der Waals surface area contributed by atoms with Gasteiger partial charge in [-0.3, -0.25) is 0 Å². The maximum Gasteiger partial charge on any atom is 0.119 e. The molecule has 0 heterocycles. The Labute approximate surface area is 131 Å². The zero-order chi connectivity index (χ0) is 15.2. The van der Waals surface area contributed by atoms with E-state index in [1.165, 1.54) is 0 Å². The van der Waals surface area contributed by atoms with Gasteiger partial charge < -0.3 is 15.8 Å². The van der Waals surface area contributed by atoms with Gasteiger partial charge in [-0.15, -0.1) is 0 Å². The lowest BCUT2D eigenvalue weighted by Crippen LogP contribution is -2.20. The summed E-state index contributed by atoms with van der Waals surface area (Å²) in [4.78, 5) is 0. The number of halogens is 1. The molecule has 0 aliphatic heterocycles. The monoisotopic (exact) mass is 304 g/mol. The second kappa shape index (κ2) is 7.34. The van der Waals surface area contributed by atoms with E-state index < -0.39 is 0 Å². The Hall–Kier alpha value is -1.71. The summed E-state index contributed by atoms with van der Waals surface area (Å²) in [5.41, 5.74) is 7.88. The third kappa shape index (κ3) is 4.38. The van der Waals surface area contributed by atoms with Gasteiger partial charge in [0.2, 0.25) is 0 Å². The predicted molar refractivity (Wildman–Crippen MR) is 89.1 cm³/mol. The highest BCUT2D eigenvalue weighted by molar-refractivity contribution is 6.33. The van der Waals surface area contributed by atoms with Gasteiger partial charge in [0.15, 0.2) is 0 Å². The molecule has 0 aromatic heterocycles. The van der Waals surface area contributed by atoms with Crippen LogP contribution in [0.4, 0.5) is 5.69 Å². The van der Waals surface area contributed by atoms with Crippen molar-refractivity contribution in [2.45, 2.75) is 26.0 Å². The van der Waals surface area contributed by atoms with Crippen LogP contribution in [-0.4, -0.2) is 12.6 Å². The smallest absolute Gasteiger partial charge is 0.119 e. The molecule has 0 amide bonds. The predicted octanol–water partition coefficient (Wildman–Crippen LogP) is 4.24. The molecule has 0 aliphatic rings. The Morgan fingerprint density at radius 1 is 1.10 bits per heavy atom. The Bertz CT molecular complexity index is 569. The van der Waals surface area contributed by atoms with Crippen LogP contribution in [0.15, 0.2) is 48.5 Å². The minimum atomic E-state index is 0.0120. The molecule has 112 valence electrons. The van der Waals surface area contributed by atoms with Crippen molar-refractivity contribution in [2.24, 2.45) is 5.73 Å². The van der Waals surface area contributed by atoms with Gasteiger partial charge in [0.05, 0.1) is 22.9 Å². The summed E-state index contributed by atoms with van der Waals surface area (Å²) >= 11 is 6.17. The maximum absolute atomic E-state index is 6.17. The lowest BCUT2D eigenvalue weighted by molar-refractivity contribution is 0.242. The molecule has 0 saturated carbocycles. The first-order chi connectivity index (χ1) is 10.1. The van der Waals surface area contributed by atoms with Crippen LogP contribution in [-0.2, 0) is 0 Å². The van der Waals surface area contributed by atoms with E-state index in [9.17, 15) is 0 Å². The van der Waals surface area contributed by atoms with Gasteiger partial charge >= 0.3 is 0 Å². The number of hydrogen-bond acceptors (Lipinski definition) is 3. The van der Waals surface area contributed by atoms with Gasteiger partial charge in [-0.1, -0.05) is 35.9 Å². The first-order valence-corrected chi connectivity index (χ1v) is 7.45. The van der Waals surface area contributed by atoms with Crippen LogP contribution in [0.1, 0.15) is 25.5 Å². The molecule has 2 rings (SSSR count). The largest absolute Gasteiger partial charge is 0.491 e. The van der Waals surface area contributed by atoms with E-state index in [0.717, 1.165) is 17.0 Å². The standard InChI is InChI=1S/C17H21ClN2O/c1-12(2)21-14-9-7-13(8-10-14)17(11-19)20-16-6-4-3-5-15(16)18/h3-10,12,17,20H,11,19H2,1-2H3. The lowest BCUT2D eigenvalue weighted by Gasteiger charge is -2.20. The molecule has 0 bridgehead atoms. The molecular formula is C17H21ClN2O. The topological polar surface area (TPSA) is 47.3 Å². The summed E-state index contributed by atoms with van der Waals surface area (Å²) in [7, 11) is 0. The molecule has 4 heteroatoms. The normalized spacial score (nSPS) is 12.2. The van der Waals surface area contributed by atoms with E-state index in [2.05, 4.69) is 5.32 Å².